The van der Waals surface area contributed by atoms with Crippen molar-refractivity contribution in [2.45, 2.75) is 91.1 Å². The highest BCUT2D eigenvalue weighted by molar-refractivity contribution is 5.41. The van der Waals surface area contributed by atoms with Crippen LogP contribution >= 0.6 is 0 Å². The Kier molecular flexibility index (Phi) is 11.3. The van der Waals surface area contributed by atoms with E-state index >= 15 is 0 Å². The monoisotopic (exact) mass is 389 g/mol. The van der Waals surface area contributed by atoms with Crippen LogP contribution in [0.25, 0.3) is 0 Å². The van der Waals surface area contributed by atoms with E-state index in [0.29, 0.717) is 18.9 Å². The summed E-state index contributed by atoms with van der Waals surface area (Å²) >= 11 is 0. The van der Waals surface area contributed by atoms with E-state index in [1.807, 2.05) is 13.8 Å². The Morgan fingerprint density at radius 3 is 2.19 bits per heavy atom. The summed E-state index contributed by atoms with van der Waals surface area (Å²) in [4.78, 5) is 0. The van der Waals surface area contributed by atoms with Gasteiger partial charge in [0.1, 0.15) is 11.5 Å². The molecule has 1 aromatic carbocycles. The summed E-state index contributed by atoms with van der Waals surface area (Å²) in [7, 11) is 0. The Labute approximate surface area is 161 Å². The quantitative estimate of drug-likeness (QED) is 0.364. The molecule has 0 spiro atoms. The van der Waals surface area contributed by atoms with Gasteiger partial charge in [-0.3, -0.25) is 0 Å². The SMILES string of the molecule is CCCCCCCCCCOc1cc(OC(F)(F)F)ccc1CNC(C)C. The normalized spacial score (nSPS) is 11.8. The zero-order valence-corrected chi connectivity index (χ0v) is 16.8. The van der Waals surface area contributed by atoms with Crippen LogP contribution in [-0.4, -0.2) is 19.0 Å². The highest BCUT2D eigenvalue weighted by Crippen LogP contribution is 2.29. The van der Waals surface area contributed by atoms with Crippen molar-refractivity contribution in [2.75, 3.05) is 6.61 Å². The van der Waals surface area contributed by atoms with Gasteiger partial charge in [-0.25, -0.2) is 0 Å². The predicted octanol–water partition coefficient (Wildman–Crippen LogP) is 6.60. The maximum Gasteiger partial charge on any atom is 0.573 e. The van der Waals surface area contributed by atoms with Crippen molar-refractivity contribution in [2.24, 2.45) is 0 Å². The summed E-state index contributed by atoms with van der Waals surface area (Å²) in [5.74, 6) is 0.203. The molecule has 0 aliphatic heterocycles. The third kappa shape index (κ3) is 11.8. The van der Waals surface area contributed by atoms with Crippen molar-refractivity contribution in [1.29, 1.82) is 0 Å². The van der Waals surface area contributed by atoms with E-state index in [0.717, 1.165) is 18.4 Å². The average molecular weight is 390 g/mol. The van der Waals surface area contributed by atoms with Crippen LogP contribution in [0.2, 0.25) is 0 Å². The van der Waals surface area contributed by atoms with E-state index in [1.165, 1.54) is 50.7 Å². The number of hydrogen-bond acceptors (Lipinski definition) is 3. The second-order valence-corrected chi connectivity index (χ2v) is 7.18. The van der Waals surface area contributed by atoms with Crippen LogP contribution in [0, 0.1) is 0 Å². The Morgan fingerprint density at radius 2 is 1.59 bits per heavy atom. The van der Waals surface area contributed by atoms with Crippen LogP contribution in [0.3, 0.4) is 0 Å². The molecular weight excluding hydrogens is 355 g/mol. The lowest BCUT2D eigenvalue weighted by molar-refractivity contribution is -0.274. The van der Waals surface area contributed by atoms with Crippen molar-refractivity contribution in [3.05, 3.63) is 23.8 Å². The minimum Gasteiger partial charge on any atom is -0.493 e. The molecular formula is C21H34F3NO2. The fraction of sp³-hybridized carbons (Fsp3) is 0.714. The largest absolute Gasteiger partial charge is 0.573 e. The molecule has 0 unspecified atom stereocenters. The van der Waals surface area contributed by atoms with E-state index in [1.54, 1.807) is 6.07 Å². The summed E-state index contributed by atoms with van der Waals surface area (Å²) in [6.07, 6.45) is 4.80. The zero-order valence-electron chi connectivity index (χ0n) is 16.8. The maximum atomic E-state index is 12.5. The minimum absolute atomic E-state index is 0.248. The first kappa shape index (κ1) is 23.6. The first-order chi connectivity index (χ1) is 12.8. The van der Waals surface area contributed by atoms with Crippen molar-refractivity contribution in [3.63, 3.8) is 0 Å². The van der Waals surface area contributed by atoms with E-state index in [9.17, 15) is 13.2 Å². The molecule has 6 heteroatoms. The van der Waals surface area contributed by atoms with Crippen molar-refractivity contribution in [3.8, 4) is 11.5 Å². The smallest absolute Gasteiger partial charge is 0.493 e. The lowest BCUT2D eigenvalue weighted by atomic mass is 10.1. The van der Waals surface area contributed by atoms with Crippen LogP contribution in [0.5, 0.6) is 11.5 Å². The summed E-state index contributed by atoms with van der Waals surface area (Å²) in [5.41, 5.74) is 0.831. The summed E-state index contributed by atoms with van der Waals surface area (Å²) in [6, 6.07) is 4.56. The van der Waals surface area contributed by atoms with Gasteiger partial charge in [0.25, 0.3) is 0 Å². The number of rotatable bonds is 14. The van der Waals surface area contributed by atoms with Gasteiger partial charge in [-0.2, -0.15) is 0 Å². The van der Waals surface area contributed by atoms with Gasteiger partial charge in [0.15, 0.2) is 0 Å². The van der Waals surface area contributed by atoms with Gasteiger partial charge < -0.3 is 14.8 Å². The second-order valence-electron chi connectivity index (χ2n) is 7.18. The van der Waals surface area contributed by atoms with Gasteiger partial charge >= 0.3 is 6.36 Å². The molecule has 0 saturated carbocycles. The Bertz CT molecular complexity index is 519. The highest BCUT2D eigenvalue weighted by atomic mass is 19.4. The molecule has 0 bridgehead atoms. The third-order valence-corrected chi connectivity index (χ3v) is 4.23. The maximum absolute atomic E-state index is 12.5. The molecule has 156 valence electrons. The molecule has 0 aromatic heterocycles. The van der Waals surface area contributed by atoms with Gasteiger partial charge in [0.05, 0.1) is 6.61 Å². The Morgan fingerprint density at radius 1 is 0.963 bits per heavy atom. The number of unbranched alkanes of at least 4 members (excludes halogenated alkanes) is 7. The van der Waals surface area contributed by atoms with E-state index in [2.05, 4.69) is 17.0 Å². The first-order valence-corrected chi connectivity index (χ1v) is 10.1. The van der Waals surface area contributed by atoms with Crippen molar-refractivity contribution >= 4 is 0 Å². The van der Waals surface area contributed by atoms with Gasteiger partial charge in [-0.1, -0.05) is 71.8 Å². The van der Waals surface area contributed by atoms with Crippen LogP contribution in [0.4, 0.5) is 13.2 Å². The zero-order chi connectivity index (χ0) is 20.1. The van der Waals surface area contributed by atoms with Crippen LogP contribution in [0.15, 0.2) is 18.2 Å². The number of benzene rings is 1. The predicted molar refractivity (Wildman–Crippen MR) is 103 cm³/mol. The lowest BCUT2D eigenvalue weighted by Gasteiger charge is -2.16. The Hall–Kier alpha value is -1.43. The van der Waals surface area contributed by atoms with Gasteiger partial charge in [-0.05, 0) is 12.5 Å². The number of nitrogens with one attached hydrogen (secondary N) is 1. The number of alkyl halides is 3. The fourth-order valence-corrected chi connectivity index (χ4v) is 2.74. The summed E-state index contributed by atoms with van der Waals surface area (Å²) in [5, 5.41) is 3.26. The number of ether oxygens (including phenoxy) is 2. The highest BCUT2D eigenvalue weighted by Gasteiger charge is 2.31. The van der Waals surface area contributed by atoms with Gasteiger partial charge in [0, 0.05) is 24.2 Å². The second kappa shape index (κ2) is 12.9. The first-order valence-electron chi connectivity index (χ1n) is 10.1. The molecule has 0 radical (unpaired) electrons. The standard InChI is InChI=1S/C21H34F3NO2/c1-4-5-6-7-8-9-10-11-14-26-20-15-19(27-21(22,23)24)13-12-18(20)16-25-17(2)3/h12-13,15,17,25H,4-11,14,16H2,1-3H3. The van der Waals surface area contributed by atoms with Crippen molar-refractivity contribution < 1.29 is 22.6 Å². The van der Waals surface area contributed by atoms with Crippen LogP contribution in [0.1, 0.15) is 77.7 Å². The molecule has 3 nitrogen and oxygen atoms in total. The van der Waals surface area contributed by atoms with Crippen molar-refractivity contribution in [1.82, 2.24) is 5.32 Å². The molecule has 0 fully saturated rings. The van der Waals surface area contributed by atoms with E-state index < -0.39 is 6.36 Å². The molecule has 0 aliphatic carbocycles. The number of halogens is 3. The molecule has 27 heavy (non-hydrogen) atoms. The molecule has 0 aliphatic rings. The molecule has 0 saturated heterocycles. The average Bonchev–Trinajstić information content (AvgIpc) is 2.58. The molecule has 0 atom stereocenters. The Balaban J connectivity index is 2.49. The van der Waals surface area contributed by atoms with Gasteiger partial charge in [0.2, 0.25) is 0 Å². The topological polar surface area (TPSA) is 30.5 Å². The minimum atomic E-state index is -4.70. The van der Waals surface area contributed by atoms with Crippen LogP contribution < -0.4 is 14.8 Å². The van der Waals surface area contributed by atoms with E-state index in [4.69, 9.17) is 4.74 Å². The van der Waals surface area contributed by atoms with Crippen LogP contribution in [-0.2, 0) is 6.54 Å². The molecule has 1 N–H and O–H groups in total. The lowest BCUT2D eigenvalue weighted by Crippen LogP contribution is -2.22. The van der Waals surface area contributed by atoms with E-state index in [-0.39, 0.29) is 11.8 Å². The summed E-state index contributed by atoms with van der Waals surface area (Å²) in [6.45, 7) is 7.28. The third-order valence-electron chi connectivity index (χ3n) is 4.23. The summed E-state index contributed by atoms with van der Waals surface area (Å²) < 4.78 is 47.2. The molecule has 0 heterocycles. The number of hydrogen-bond donors (Lipinski definition) is 1. The molecule has 0 amide bonds. The molecule has 1 aromatic rings. The fourth-order valence-electron chi connectivity index (χ4n) is 2.74. The molecule has 1 rings (SSSR count). The van der Waals surface area contributed by atoms with Gasteiger partial charge in [-0.15, -0.1) is 13.2 Å².